The number of benzene rings is 1. The van der Waals surface area contributed by atoms with E-state index in [9.17, 15) is 4.79 Å². The minimum atomic E-state index is -0.0617. The minimum Gasteiger partial charge on any atom is -0.306 e. The zero-order valence-corrected chi connectivity index (χ0v) is 11.2. The fourth-order valence-electron chi connectivity index (χ4n) is 2.26. The van der Waals surface area contributed by atoms with E-state index in [1.807, 2.05) is 24.3 Å². The van der Waals surface area contributed by atoms with Crippen LogP contribution in [0, 0.1) is 0 Å². The Morgan fingerprint density at radius 2 is 1.95 bits per heavy atom. The highest BCUT2D eigenvalue weighted by Gasteiger charge is 2.33. The number of unbranched alkanes of at least 4 members (excludes halogenated alkanes) is 1. The van der Waals surface area contributed by atoms with Gasteiger partial charge >= 0.3 is 0 Å². The van der Waals surface area contributed by atoms with Crippen LogP contribution in [-0.2, 0) is 4.79 Å². The monoisotopic (exact) mass is 269 g/mol. The average molecular weight is 269 g/mol. The standard InChI is InChI=1S/C14H15N5O/c1-2-3-8-19-12-7-5-4-6-11(12)13(14(19)20)17-18-9-15-16-10-18/h4-7,9-10H,2-3,8H2,1H3. The van der Waals surface area contributed by atoms with Crippen molar-refractivity contribution >= 4 is 17.3 Å². The summed E-state index contributed by atoms with van der Waals surface area (Å²) in [4.78, 5) is 14.3. The molecular formula is C14H15N5O. The van der Waals surface area contributed by atoms with Crippen molar-refractivity contribution in [1.82, 2.24) is 14.9 Å². The van der Waals surface area contributed by atoms with Gasteiger partial charge in [0.25, 0.3) is 5.91 Å². The van der Waals surface area contributed by atoms with Gasteiger partial charge in [-0.25, -0.2) is 4.68 Å². The number of amides is 1. The van der Waals surface area contributed by atoms with Gasteiger partial charge in [0, 0.05) is 12.1 Å². The molecule has 2 heterocycles. The molecule has 0 saturated heterocycles. The summed E-state index contributed by atoms with van der Waals surface area (Å²) in [5.74, 6) is -0.0617. The van der Waals surface area contributed by atoms with E-state index in [1.165, 1.54) is 17.3 Å². The third-order valence-corrected chi connectivity index (χ3v) is 3.25. The second-order valence-electron chi connectivity index (χ2n) is 4.62. The molecule has 0 saturated carbocycles. The van der Waals surface area contributed by atoms with Crippen LogP contribution in [0.5, 0.6) is 0 Å². The van der Waals surface area contributed by atoms with E-state index in [2.05, 4.69) is 22.2 Å². The number of para-hydroxylation sites is 1. The minimum absolute atomic E-state index is 0.0617. The predicted molar refractivity (Wildman–Crippen MR) is 75.7 cm³/mol. The molecule has 0 radical (unpaired) electrons. The summed E-state index contributed by atoms with van der Waals surface area (Å²) in [6.07, 6.45) is 4.96. The molecule has 1 amide bonds. The average Bonchev–Trinajstić information content (AvgIpc) is 3.06. The maximum Gasteiger partial charge on any atom is 0.279 e. The molecule has 1 aliphatic heterocycles. The van der Waals surface area contributed by atoms with E-state index in [-0.39, 0.29) is 5.91 Å². The van der Waals surface area contributed by atoms with E-state index < -0.39 is 0 Å². The quantitative estimate of drug-likeness (QED) is 0.848. The van der Waals surface area contributed by atoms with Gasteiger partial charge in [0.05, 0.1) is 5.69 Å². The van der Waals surface area contributed by atoms with Crippen LogP contribution in [0.15, 0.2) is 42.0 Å². The third-order valence-electron chi connectivity index (χ3n) is 3.25. The van der Waals surface area contributed by atoms with Crippen molar-refractivity contribution in [2.75, 3.05) is 11.4 Å². The Bertz CT molecular complexity index is 647. The Balaban J connectivity index is 2.02. The lowest BCUT2D eigenvalue weighted by Gasteiger charge is -2.15. The summed E-state index contributed by atoms with van der Waals surface area (Å²) in [5, 5.41) is 11.7. The lowest BCUT2D eigenvalue weighted by atomic mass is 10.1. The van der Waals surface area contributed by atoms with Crippen LogP contribution >= 0.6 is 0 Å². The molecule has 3 rings (SSSR count). The molecule has 1 aliphatic rings. The zero-order valence-electron chi connectivity index (χ0n) is 11.2. The molecule has 0 N–H and O–H groups in total. The van der Waals surface area contributed by atoms with E-state index in [0.29, 0.717) is 12.3 Å². The highest BCUT2D eigenvalue weighted by atomic mass is 16.2. The van der Waals surface area contributed by atoms with E-state index in [1.54, 1.807) is 4.90 Å². The van der Waals surface area contributed by atoms with E-state index in [0.717, 1.165) is 24.1 Å². The van der Waals surface area contributed by atoms with Crippen molar-refractivity contribution in [3.8, 4) is 0 Å². The van der Waals surface area contributed by atoms with Crippen molar-refractivity contribution in [1.29, 1.82) is 0 Å². The molecule has 20 heavy (non-hydrogen) atoms. The molecular weight excluding hydrogens is 254 g/mol. The second kappa shape index (κ2) is 5.24. The summed E-state index contributed by atoms with van der Waals surface area (Å²) in [6.45, 7) is 2.83. The summed E-state index contributed by atoms with van der Waals surface area (Å²) in [7, 11) is 0. The Labute approximate surface area is 116 Å². The Morgan fingerprint density at radius 1 is 1.20 bits per heavy atom. The molecule has 102 valence electrons. The molecule has 0 bridgehead atoms. The van der Waals surface area contributed by atoms with Crippen LogP contribution in [0.2, 0.25) is 0 Å². The SMILES string of the molecule is CCCCN1C(=O)C(=Nn2cnnc2)c2ccccc21. The topological polar surface area (TPSA) is 63.4 Å². The number of hydrogen-bond acceptors (Lipinski definition) is 4. The highest BCUT2D eigenvalue weighted by Crippen LogP contribution is 2.29. The number of hydrogen-bond donors (Lipinski definition) is 0. The van der Waals surface area contributed by atoms with Crippen LogP contribution in [0.25, 0.3) is 0 Å². The van der Waals surface area contributed by atoms with Gasteiger partial charge in [0.1, 0.15) is 12.7 Å². The van der Waals surface area contributed by atoms with Crippen molar-refractivity contribution in [2.45, 2.75) is 19.8 Å². The van der Waals surface area contributed by atoms with Gasteiger partial charge < -0.3 is 4.90 Å². The Morgan fingerprint density at radius 3 is 2.70 bits per heavy atom. The normalized spacial score (nSPS) is 15.9. The number of rotatable bonds is 4. The van der Waals surface area contributed by atoms with Gasteiger partial charge in [0.15, 0.2) is 5.71 Å². The van der Waals surface area contributed by atoms with Gasteiger partial charge in [-0.3, -0.25) is 4.79 Å². The van der Waals surface area contributed by atoms with Crippen LogP contribution in [0.4, 0.5) is 5.69 Å². The number of carbonyl (C=O) groups excluding carboxylic acids is 1. The van der Waals surface area contributed by atoms with Gasteiger partial charge in [0.2, 0.25) is 0 Å². The van der Waals surface area contributed by atoms with Crippen LogP contribution < -0.4 is 4.90 Å². The number of carbonyl (C=O) groups is 1. The first-order valence-corrected chi connectivity index (χ1v) is 6.66. The van der Waals surface area contributed by atoms with E-state index in [4.69, 9.17) is 0 Å². The maximum absolute atomic E-state index is 12.5. The molecule has 6 nitrogen and oxygen atoms in total. The third kappa shape index (κ3) is 2.09. The van der Waals surface area contributed by atoms with Crippen molar-refractivity contribution in [2.24, 2.45) is 5.10 Å². The van der Waals surface area contributed by atoms with Crippen molar-refractivity contribution in [3.63, 3.8) is 0 Å². The summed E-state index contributed by atoms with van der Waals surface area (Å²) in [5.41, 5.74) is 2.23. The number of anilines is 1. The molecule has 6 heteroatoms. The first kappa shape index (κ1) is 12.5. The summed E-state index contributed by atoms with van der Waals surface area (Å²) < 4.78 is 1.45. The Kier molecular flexibility index (Phi) is 3.28. The first-order chi connectivity index (χ1) is 9.81. The smallest absolute Gasteiger partial charge is 0.279 e. The summed E-state index contributed by atoms with van der Waals surface area (Å²) in [6, 6.07) is 7.73. The molecule has 0 atom stereocenters. The van der Waals surface area contributed by atoms with Crippen molar-refractivity contribution < 1.29 is 4.79 Å². The molecule has 1 aromatic heterocycles. The maximum atomic E-state index is 12.5. The largest absolute Gasteiger partial charge is 0.306 e. The van der Waals surface area contributed by atoms with Gasteiger partial charge in [-0.15, -0.1) is 10.2 Å². The van der Waals surface area contributed by atoms with E-state index >= 15 is 0 Å². The van der Waals surface area contributed by atoms with Crippen molar-refractivity contribution in [3.05, 3.63) is 42.5 Å². The predicted octanol–water partition coefficient (Wildman–Crippen LogP) is 1.68. The fourth-order valence-corrected chi connectivity index (χ4v) is 2.26. The molecule has 0 fully saturated rings. The fraction of sp³-hybridized carbons (Fsp3) is 0.286. The van der Waals surface area contributed by atoms with Gasteiger partial charge in [-0.05, 0) is 12.5 Å². The van der Waals surface area contributed by atoms with Gasteiger partial charge in [-0.1, -0.05) is 31.5 Å². The highest BCUT2D eigenvalue weighted by molar-refractivity contribution is 6.54. The number of aromatic nitrogens is 3. The molecule has 0 aliphatic carbocycles. The lowest BCUT2D eigenvalue weighted by molar-refractivity contribution is -0.112. The molecule has 2 aromatic rings. The molecule has 0 unspecified atom stereocenters. The van der Waals surface area contributed by atoms with Crippen LogP contribution in [-0.4, -0.2) is 33.0 Å². The van der Waals surface area contributed by atoms with Crippen LogP contribution in [0.3, 0.4) is 0 Å². The second-order valence-corrected chi connectivity index (χ2v) is 4.62. The lowest BCUT2D eigenvalue weighted by Crippen LogP contribution is -2.31. The summed E-state index contributed by atoms with van der Waals surface area (Å²) >= 11 is 0. The van der Waals surface area contributed by atoms with Crippen LogP contribution in [0.1, 0.15) is 25.3 Å². The molecule has 1 aromatic carbocycles. The van der Waals surface area contributed by atoms with Gasteiger partial charge in [-0.2, -0.15) is 5.10 Å². The molecule has 0 spiro atoms. The first-order valence-electron chi connectivity index (χ1n) is 6.66. The number of nitrogens with zero attached hydrogens (tertiary/aromatic N) is 5. The zero-order chi connectivity index (χ0) is 13.9. The Hall–Kier alpha value is -2.50. The number of fused-ring (bicyclic) bond motifs is 1.